The van der Waals surface area contributed by atoms with Gasteiger partial charge in [-0.2, -0.15) is 0 Å². The summed E-state index contributed by atoms with van der Waals surface area (Å²) in [5.41, 5.74) is 5.03. The van der Waals surface area contributed by atoms with Crippen molar-refractivity contribution in [3.8, 4) is 0 Å². The van der Waals surface area contributed by atoms with Gasteiger partial charge in [-0.15, -0.1) is 0 Å². The van der Waals surface area contributed by atoms with Crippen molar-refractivity contribution in [2.45, 2.75) is 30.9 Å². The van der Waals surface area contributed by atoms with Crippen LogP contribution in [-0.2, 0) is 31.6 Å². The van der Waals surface area contributed by atoms with Crippen molar-refractivity contribution in [1.29, 1.82) is 0 Å². The highest BCUT2D eigenvalue weighted by atomic mass is 32.2. The van der Waals surface area contributed by atoms with Crippen molar-refractivity contribution < 1.29 is 27.9 Å². The summed E-state index contributed by atoms with van der Waals surface area (Å²) in [6.45, 7) is 6.59. The Bertz CT molecular complexity index is 1680. The maximum atomic E-state index is 13.3. The maximum absolute atomic E-state index is 13.3. The van der Waals surface area contributed by atoms with E-state index in [0.717, 1.165) is 18.7 Å². The van der Waals surface area contributed by atoms with E-state index in [-0.39, 0.29) is 28.9 Å². The van der Waals surface area contributed by atoms with Crippen LogP contribution in [0.3, 0.4) is 0 Å². The number of aliphatic carboxylic acids is 1. The van der Waals surface area contributed by atoms with Gasteiger partial charge in [-0.1, -0.05) is 24.3 Å². The number of aromatic amines is 1. The number of carbonyl (C=O) groups is 3. The van der Waals surface area contributed by atoms with Gasteiger partial charge in [-0.3, -0.25) is 14.4 Å². The first-order chi connectivity index (χ1) is 19.4. The number of benzene rings is 2. The van der Waals surface area contributed by atoms with Crippen LogP contribution >= 0.6 is 0 Å². The Morgan fingerprint density at radius 2 is 1.66 bits per heavy atom. The normalized spacial score (nSPS) is 16.6. The Labute approximate surface area is 238 Å². The smallest absolute Gasteiger partial charge is 0.307 e. The molecule has 0 radical (unpaired) electrons. The molecule has 214 valence electrons. The standard InChI is InChI=1S/C30H32N4O6S/c1-18-26(31-19(2)28(18)30(38)34-12-10-33(3)11-13-34)16-24-23-15-22(8-9-25(23)32-29(24)37)41(39,40)17-21-6-4-20(5-7-21)14-27(35)36/h4-9,15-16,31H,10-14,17H2,1-3H3,(H,32,37)(H,35,36)/b24-16-. The minimum Gasteiger partial charge on any atom is -0.481 e. The second-order valence-electron chi connectivity index (χ2n) is 10.6. The van der Waals surface area contributed by atoms with Crippen LogP contribution in [0, 0.1) is 13.8 Å². The van der Waals surface area contributed by atoms with Gasteiger partial charge in [-0.05, 0) is 61.9 Å². The van der Waals surface area contributed by atoms with Crippen LogP contribution in [0.15, 0.2) is 47.4 Å². The zero-order valence-electron chi connectivity index (χ0n) is 23.2. The van der Waals surface area contributed by atoms with Crippen LogP contribution in [0.4, 0.5) is 5.69 Å². The molecule has 0 bridgehead atoms. The van der Waals surface area contributed by atoms with Gasteiger partial charge in [0.05, 0.1) is 28.2 Å². The summed E-state index contributed by atoms with van der Waals surface area (Å²) < 4.78 is 26.6. The van der Waals surface area contributed by atoms with Gasteiger partial charge < -0.3 is 25.2 Å². The predicted octanol–water partition coefficient (Wildman–Crippen LogP) is 3.11. The molecule has 0 unspecified atom stereocenters. The van der Waals surface area contributed by atoms with Gasteiger partial charge in [0.2, 0.25) is 0 Å². The fourth-order valence-corrected chi connectivity index (χ4v) is 6.66. The number of nitrogens with zero attached hydrogens (tertiary/aromatic N) is 2. The van der Waals surface area contributed by atoms with Gasteiger partial charge in [0, 0.05) is 48.8 Å². The number of anilines is 1. The van der Waals surface area contributed by atoms with Crippen molar-refractivity contribution in [2.75, 3.05) is 38.5 Å². The number of amides is 2. The van der Waals surface area contributed by atoms with Crippen LogP contribution in [0.2, 0.25) is 0 Å². The lowest BCUT2D eigenvalue weighted by Gasteiger charge is -2.32. The number of carboxylic acid groups (broad SMARTS) is 1. The fraction of sp³-hybridized carbons (Fsp3) is 0.300. The number of carboxylic acids is 1. The Kier molecular flexibility index (Phi) is 7.58. The SMILES string of the molecule is Cc1[nH]c(/C=C2\C(=O)Nc3ccc(S(=O)(=O)Cc4ccc(CC(=O)O)cc4)cc32)c(C)c1C(=O)N1CCN(C)CC1. The molecule has 3 aromatic rings. The summed E-state index contributed by atoms with van der Waals surface area (Å²) in [5.74, 6) is -1.64. The van der Waals surface area contributed by atoms with E-state index < -0.39 is 15.8 Å². The number of hydrogen-bond donors (Lipinski definition) is 3. The van der Waals surface area contributed by atoms with Gasteiger partial charge in [0.25, 0.3) is 11.8 Å². The zero-order chi connectivity index (χ0) is 29.5. The monoisotopic (exact) mass is 576 g/mol. The number of piperazine rings is 1. The number of likely N-dealkylation sites (N-methyl/N-ethyl adjacent to an activating group) is 1. The number of aromatic nitrogens is 1. The van der Waals surface area contributed by atoms with E-state index in [4.69, 9.17) is 5.11 Å². The van der Waals surface area contributed by atoms with Crippen molar-refractivity contribution in [3.63, 3.8) is 0 Å². The van der Waals surface area contributed by atoms with Gasteiger partial charge in [-0.25, -0.2) is 8.42 Å². The summed E-state index contributed by atoms with van der Waals surface area (Å²) in [7, 11) is -1.74. The van der Waals surface area contributed by atoms with E-state index in [1.807, 2.05) is 25.8 Å². The summed E-state index contributed by atoms with van der Waals surface area (Å²) in [5, 5.41) is 11.7. The molecule has 3 N–H and O–H groups in total. The van der Waals surface area contributed by atoms with E-state index in [1.54, 1.807) is 36.4 Å². The van der Waals surface area contributed by atoms with E-state index in [1.165, 1.54) is 12.1 Å². The van der Waals surface area contributed by atoms with E-state index in [2.05, 4.69) is 15.2 Å². The Balaban J connectivity index is 1.42. The number of H-pyrrole nitrogens is 1. The Morgan fingerprint density at radius 1 is 1.00 bits per heavy atom. The molecule has 2 amide bonds. The topological polar surface area (TPSA) is 140 Å². The van der Waals surface area contributed by atoms with Gasteiger partial charge in [0.15, 0.2) is 9.84 Å². The lowest BCUT2D eigenvalue weighted by atomic mass is 10.0. The molecular formula is C30H32N4O6S. The highest BCUT2D eigenvalue weighted by molar-refractivity contribution is 7.90. The van der Waals surface area contributed by atoms with Gasteiger partial charge >= 0.3 is 5.97 Å². The number of sulfone groups is 1. The number of nitrogens with one attached hydrogen (secondary N) is 2. The third-order valence-corrected chi connectivity index (χ3v) is 9.32. The molecule has 3 heterocycles. The molecule has 2 aliphatic heterocycles. The lowest BCUT2D eigenvalue weighted by Crippen LogP contribution is -2.47. The number of carbonyl (C=O) groups excluding carboxylic acids is 2. The molecule has 1 saturated heterocycles. The molecule has 41 heavy (non-hydrogen) atoms. The Hall–Kier alpha value is -4.22. The molecule has 2 aliphatic rings. The van der Waals surface area contributed by atoms with Crippen molar-refractivity contribution in [1.82, 2.24) is 14.8 Å². The van der Waals surface area contributed by atoms with Crippen molar-refractivity contribution in [2.24, 2.45) is 0 Å². The van der Waals surface area contributed by atoms with E-state index >= 15 is 0 Å². The summed E-state index contributed by atoms with van der Waals surface area (Å²) in [6, 6.07) is 11.0. The highest BCUT2D eigenvalue weighted by Crippen LogP contribution is 2.36. The number of aryl methyl sites for hydroxylation is 1. The summed E-state index contributed by atoms with van der Waals surface area (Å²) in [4.78, 5) is 44.5. The molecule has 10 nitrogen and oxygen atoms in total. The van der Waals surface area contributed by atoms with Gasteiger partial charge in [0.1, 0.15) is 0 Å². The average Bonchev–Trinajstić information content (AvgIpc) is 3.38. The van der Waals surface area contributed by atoms with E-state index in [0.29, 0.717) is 58.0 Å². The predicted molar refractivity (Wildman–Crippen MR) is 155 cm³/mol. The minimum absolute atomic E-state index is 0.0466. The zero-order valence-corrected chi connectivity index (χ0v) is 24.0. The van der Waals surface area contributed by atoms with E-state index in [9.17, 15) is 22.8 Å². The molecular weight excluding hydrogens is 544 g/mol. The summed E-state index contributed by atoms with van der Waals surface area (Å²) >= 11 is 0. The molecule has 0 saturated carbocycles. The second-order valence-corrected chi connectivity index (χ2v) is 12.6. The fourth-order valence-electron chi connectivity index (χ4n) is 5.29. The lowest BCUT2D eigenvalue weighted by molar-refractivity contribution is -0.136. The van der Waals surface area contributed by atoms with Crippen LogP contribution < -0.4 is 5.32 Å². The molecule has 5 rings (SSSR count). The van der Waals surface area contributed by atoms with Crippen LogP contribution in [-0.4, -0.2) is 79.3 Å². The number of fused-ring (bicyclic) bond motifs is 1. The van der Waals surface area contributed by atoms with Crippen LogP contribution in [0.5, 0.6) is 0 Å². The molecule has 0 aliphatic carbocycles. The third-order valence-electron chi connectivity index (χ3n) is 7.64. The highest BCUT2D eigenvalue weighted by Gasteiger charge is 2.29. The molecule has 11 heteroatoms. The average molecular weight is 577 g/mol. The second kappa shape index (κ2) is 11.0. The molecule has 1 aromatic heterocycles. The first-order valence-electron chi connectivity index (χ1n) is 13.3. The van der Waals surface area contributed by atoms with Crippen molar-refractivity contribution in [3.05, 3.63) is 81.7 Å². The van der Waals surface area contributed by atoms with Crippen LogP contribution in [0.25, 0.3) is 11.6 Å². The number of rotatable bonds is 7. The van der Waals surface area contributed by atoms with Crippen molar-refractivity contribution >= 4 is 45.0 Å². The first-order valence-corrected chi connectivity index (χ1v) is 14.9. The van der Waals surface area contributed by atoms with Crippen LogP contribution in [0.1, 0.15) is 44.0 Å². The molecule has 0 atom stereocenters. The minimum atomic E-state index is -3.77. The third kappa shape index (κ3) is 5.82. The Morgan fingerprint density at radius 3 is 2.32 bits per heavy atom. The molecule has 2 aromatic carbocycles. The quantitative estimate of drug-likeness (QED) is 0.367. The maximum Gasteiger partial charge on any atom is 0.307 e. The number of hydrogen-bond acceptors (Lipinski definition) is 6. The first kappa shape index (κ1) is 28.3. The summed E-state index contributed by atoms with van der Waals surface area (Å²) in [6.07, 6.45) is 1.53. The molecule has 0 spiro atoms. The molecule has 1 fully saturated rings. The largest absolute Gasteiger partial charge is 0.481 e.